The zero-order valence-corrected chi connectivity index (χ0v) is 34.0. The minimum absolute atomic E-state index is 0.0992. The highest BCUT2D eigenvalue weighted by Gasteiger charge is 2.38. The number of benzene rings is 9. The Hall–Kier alpha value is -6.96. The van der Waals surface area contributed by atoms with E-state index in [1.54, 1.807) is 0 Å². The third kappa shape index (κ3) is 5.38. The molecule has 282 valence electrons. The molecule has 2 aliphatic carbocycles. The second-order valence-electron chi connectivity index (χ2n) is 17.3. The Kier molecular flexibility index (Phi) is 7.94. The maximum atomic E-state index is 2.48. The van der Waals surface area contributed by atoms with Crippen LogP contribution in [0.25, 0.3) is 66.4 Å². The fourth-order valence-electron chi connectivity index (χ4n) is 10.5. The molecule has 0 unspecified atom stereocenters. The summed E-state index contributed by atoms with van der Waals surface area (Å²) in [6, 6.07) is 74.3. The van der Waals surface area contributed by atoms with Gasteiger partial charge in [0, 0.05) is 27.8 Å². The van der Waals surface area contributed by atoms with Crippen molar-refractivity contribution in [3.05, 3.63) is 222 Å². The van der Waals surface area contributed by atoms with Crippen LogP contribution in [0.15, 0.2) is 200 Å². The Morgan fingerprint density at radius 2 is 0.831 bits per heavy atom. The Morgan fingerprint density at radius 1 is 0.322 bits per heavy atom. The standard InChI is InChI=1S/C58H45N/c1-57(2)51-28-11-8-21-45(51)47-36-35-42(37-53(47)57)59(41-33-31-39(32-34-41)44-25-16-27-50-46-22-9-12-29-52(46)58(3,4)56(44)50)54-30-13-10-23-48(54)49-26-15-20-40-19-14-24-43(55(40)49)38-17-6-5-7-18-38/h5-37H,1-4H3. The largest absolute Gasteiger partial charge is 0.310 e. The normalized spacial score (nSPS) is 14.0. The van der Waals surface area contributed by atoms with Gasteiger partial charge in [0.1, 0.15) is 0 Å². The van der Waals surface area contributed by atoms with Gasteiger partial charge in [-0.3, -0.25) is 0 Å². The molecule has 11 rings (SSSR count). The lowest BCUT2D eigenvalue weighted by Crippen LogP contribution is -2.17. The van der Waals surface area contributed by atoms with Gasteiger partial charge in [0.15, 0.2) is 0 Å². The lowest BCUT2D eigenvalue weighted by molar-refractivity contribution is 0.660. The van der Waals surface area contributed by atoms with Gasteiger partial charge in [0.25, 0.3) is 0 Å². The van der Waals surface area contributed by atoms with Crippen molar-refractivity contribution in [3.8, 4) is 55.6 Å². The van der Waals surface area contributed by atoms with E-state index in [0.717, 1.165) is 17.1 Å². The molecule has 1 nitrogen and oxygen atoms in total. The first-order valence-corrected chi connectivity index (χ1v) is 20.9. The van der Waals surface area contributed by atoms with E-state index in [-0.39, 0.29) is 10.8 Å². The van der Waals surface area contributed by atoms with Gasteiger partial charge in [-0.15, -0.1) is 0 Å². The monoisotopic (exact) mass is 755 g/mol. The molecule has 0 fully saturated rings. The predicted molar refractivity (Wildman–Crippen MR) is 250 cm³/mol. The number of nitrogens with zero attached hydrogens (tertiary/aromatic N) is 1. The van der Waals surface area contributed by atoms with E-state index in [2.05, 4.69) is 233 Å². The van der Waals surface area contributed by atoms with Crippen molar-refractivity contribution in [3.63, 3.8) is 0 Å². The van der Waals surface area contributed by atoms with Crippen molar-refractivity contribution in [1.82, 2.24) is 0 Å². The molecule has 0 aromatic heterocycles. The van der Waals surface area contributed by atoms with Crippen LogP contribution in [0, 0.1) is 0 Å². The van der Waals surface area contributed by atoms with Crippen LogP contribution in [0.1, 0.15) is 49.9 Å². The number of fused-ring (bicyclic) bond motifs is 7. The van der Waals surface area contributed by atoms with E-state index in [1.807, 2.05) is 0 Å². The third-order valence-electron chi connectivity index (χ3n) is 13.3. The number of anilines is 3. The van der Waals surface area contributed by atoms with Crippen LogP contribution >= 0.6 is 0 Å². The summed E-state index contributed by atoms with van der Waals surface area (Å²) < 4.78 is 0. The predicted octanol–water partition coefficient (Wildman–Crippen LogP) is 15.9. The molecule has 0 saturated heterocycles. The van der Waals surface area contributed by atoms with Crippen molar-refractivity contribution < 1.29 is 0 Å². The van der Waals surface area contributed by atoms with Gasteiger partial charge in [0.05, 0.1) is 5.69 Å². The van der Waals surface area contributed by atoms with Crippen LogP contribution in [-0.2, 0) is 10.8 Å². The summed E-state index contributed by atoms with van der Waals surface area (Å²) in [5.74, 6) is 0. The van der Waals surface area contributed by atoms with Gasteiger partial charge in [-0.2, -0.15) is 0 Å². The van der Waals surface area contributed by atoms with E-state index < -0.39 is 0 Å². The highest BCUT2D eigenvalue weighted by atomic mass is 15.1. The van der Waals surface area contributed by atoms with E-state index in [0.29, 0.717) is 0 Å². The highest BCUT2D eigenvalue weighted by Crippen LogP contribution is 2.54. The number of hydrogen-bond acceptors (Lipinski definition) is 1. The van der Waals surface area contributed by atoms with E-state index in [4.69, 9.17) is 0 Å². The van der Waals surface area contributed by atoms with Crippen molar-refractivity contribution in [2.75, 3.05) is 4.90 Å². The number of hydrogen-bond donors (Lipinski definition) is 0. The van der Waals surface area contributed by atoms with Crippen LogP contribution in [0.2, 0.25) is 0 Å². The second kappa shape index (κ2) is 13.3. The topological polar surface area (TPSA) is 3.24 Å². The lowest BCUT2D eigenvalue weighted by atomic mass is 9.79. The van der Waals surface area contributed by atoms with Crippen molar-refractivity contribution in [2.45, 2.75) is 38.5 Å². The first-order chi connectivity index (χ1) is 28.8. The summed E-state index contributed by atoms with van der Waals surface area (Å²) in [5, 5.41) is 2.49. The second-order valence-corrected chi connectivity index (χ2v) is 17.3. The first-order valence-electron chi connectivity index (χ1n) is 20.9. The molecule has 2 aliphatic rings. The molecule has 9 aromatic rings. The Morgan fingerprint density at radius 3 is 1.58 bits per heavy atom. The van der Waals surface area contributed by atoms with E-state index in [9.17, 15) is 0 Å². The average molecular weight is 756 g/mol. The first kappa shape index (κ1) is 35.2. The molecule has 0 spiro atoms. The molecule has 0 radical (unpaired) electrons. The van der Waals surface area contributed by atoms with Crippen LogP contribution in [0.5, 0.6) is 0 Å². The Balaban J connectivity index is 1.11. The minimum Gasteiger partial charge on any atom is -0.310 e. The maximum absolute atomic E-state index is 2.48. The summed E-state index contributed by atoms with van der Waals surface area (Å²) in [6.45, 7) is 9.48. The Bertz CT molecular complexity index is 3090. The third-order valence-corrected chi connectivity index (χ3v) is 13.3. The molecule has 0 N–H and O–H groups in total. The van der Waals surface area contributed by atoms with Crippen molar-refractivity contribution in [2.24, 2.45) is 0 Å². The fourth-order valence-corrected chi connectivity index (χ4v) is 10.5. The molecule has 0 bridgehead atoms. The zero-order chi connectivity index (χ0) is 39.9. The SMILES string of the molecule is CC1(C)c2ccccc2-c2ccc(N(c3ccc(-c4cccc5c4C(C)(C)c4ccccc4-5)cc3)c3ccccc3-c3cccc4cccc(-c5ccccc5)c34)cc21. The Labute approximate surface area is 347 Å². The summed E-state index contributed by atoms with van der Waals surface area (Å²) in [5.41, 5.74) is 21.4. The molecule has 0 amide bonds. The number of para-hydroxylation sites is 1. The maximum Gasteiger partial charge on any atom is 0.0540 e. The van der Waals surface area contributed by atoms with Crippen LogP contribution in [0.4, 0.5) is 17.1 Å². The van der Waals surface area contributed by atoms with E-state index in [1.165, 1.54) is 88.7 Å². The summed E-state index contributed by atoms with van der Waals surface area (Å²) in [4.78, 5) is 2.48. The van der Waals surface area contributed by atoms with Crippen LogP contribution in [-0.4, -0.2) is 0 Å². The van der Waals surface area contributed by atoms with Crippen LogP contribution in [0.3, 0.4) is 0 Å². The fraction of sp³-hybridized carbons (Fsp3) is 0.103. The molecular weight excluding hydrogens is 711 g/mol. The van der Waals surface area contributed by atoms with Gasteiger partial charge in [-0.25, -0.2) is 0 Å². The minimum atomic E-state index is -0.130. The van der Waals surface area contributed by atoms with Crippen molar-refractivity contribution >= 4 is 27.8 Å². The van der Waals surface area contributed by atoms with E-state index >= 15 is 0 Å². The smallest absolute Gasteiger partial charge is 0.0540 e. The molecular formula is C58H45N. The molecule has 0 saturated carbocycles. The van der Waals surface area contributed by atoms with Crippen molar-refractivity contribution in [1.29, 1.82) is 0 Å². The van der Waals surface area contributed by atoms with Gasteiger partial charge in [-0.1, -0.05) is 198 Å². The van der Waals surface area contributed by atoms with Gasteiger partial charge >= 0.3 is 0 Å². The lowest BCUT2D eigenvalue weighted by Gasteiger charge is -2.30. The highest BCUT2D eigenvalue weighted by molar-refractivity contribution is 6.09. The molecule has 9 aromatic carbocycles. The van der Waals surface area contributed by atoms with Gasteiger partial charge in [0.2, 0.25) is 0 Å². The average Bonchev–Trinajstić information content (AvgIpc) is 3.66. The zero-order valence-electron chi connectivity index (χ0n) is 34.0. The summed E-state index contributed by atoms with van der Waals surface area (Å²) in [6.07, 6.45) is 0. The van der Waals surface area contributed by atoms with Crippen LogP contribution < -0.4 is 4.90 Å². The molecule has 0 atom stereocenters. The number of rotatable bonds is 6. The van der Waals surface area contributed by atoms with Gasteiger partial charge < -0.3 is 4.90 Å². The quantitative estimate of drug-likeness (QED) is 0.163. The molecule has 1 heteroatoms. The molecule has 59 heavy (non-hydrogen) atoms. The molecule has 0 aliphatic heterocycles. The molecule has 0 heterocycles. The van der Waals surface area contributed by atoms with Gasteiger partial charge in [-0.05, 0) is 113 Å². The summed E-state index contributed by atoms with van der Waals surface area (Å²) >= 11 is 0. The summed E-state index contributed by atoms with van der Waals surface area (Å²) in [7, 11) is 0.